The second-order valence-corrected chi connectivity index (χ2v) is 4.90. The topological polar surface area (TPSA) is 29.9 Å². The van der Waals surface area contributed by atoms with Gasteiger partial charge in [0.15, 0.2) is 0 Å². The molecule has 0 aliphatic heterocycles. The van der Waals surface area contributed by atoms with E-state index in [4.69, 9.17) is 0 Å². The first-order chi connectivity index (χ1) is 8.28. The molecule has 2 aromatic rings. The van der Waals surface area contributed by atoms with Gasteiger partial charge in [-0.3, -0.25) is 4.68 Å². The molecule has 0 saturated heterocycles. The molecule has 1 heterocycles. The summed E-state index contributed by atoms with van der Waals surface area (Å²) in [5, 5.41) is 7.65. The van der Waals surface area contributed by atoms with Crippen LogP contribution in [0, 0.1) is 0 Å². The van der Waals surface area contributed by atoms with Gasteiger partial charge in [0.25, 0.3) is 0 Å². The van der Waals surface area contributed by atoms with Crippen LogP contribution in [0.15, 0.2) is 42.7 Å². The first kappa shape index (κ1) is 10.4. The second kappa shape index (κ2) is 3.91. The van der Waals surface area contributed by atoms with E-state index < -0.39 is 0 Å². The van der Waals surface area contributed by atoms with Crippen LogP contribution in [0.3, 0.4) is 0 Å². The molecular weight excluding hydrogens is 210 g/mol. The van der Waals surface area contributed by atoms with Crippen molar-refractivity contribution in [2.75, 3.05) is 11.9 Å². The largest absolute Gasteiger partial charge is 0.382 e. The maximum atomic E-state index is 4.16. The smallest absolute Gasteiger partial charge is 0.0726 e. The summed E-state index contributed by atoms with van der Waals surface area (Å²) < 4.78 is 1.82. The van der Waals surface area contributed by atoms with Gasteiger partial charge in [-0.25, -0.2) is 0 Å². The minimum Gasteiger partial charge on any atom is -0.382 e. The minimum absolute atomic E-state index is 0.358. The molecule has 3 heteroatoms. The van der Waals surface area contributed by atoms with Crippen molar-refractivity contribution in [3.05, 3.63) is 48.3 Å². The molecule has 17 heavy (non-hydrogen) atoms. The summed E-state index contributed by atoms with van der Waals surface area (Å²) in [6, 6.07) is 10.8. The summed E-state index contributed by atoms with van der Waals surface area (Å²) in [6.45, 7) is 1.00. The average molecular weight is 227 g/mol. The third kappa shape index (κ3) is 2.05. The number of nitrogens with one attached hydrogen (secondary N) is 1. The fourth-order valence-corrected chi connectivity index (χ4v) is 2.29. The molecular formula is C14H17N3. The molecule has 1 saturated carbocycles. The summed E-state index contributed by atoms with van der Waals surface area (Å²) >= 11 is 0. The number of hydrogen-bond acceptors (Lipinski definition) is 2. The number of anilines is 1. The SMILES string of the molecule is Cn1cc(NCC2(c3ccccc3)CC2)cn1. The Morgan fingerprint density at radius 2 is 2.06 bits per heavy atom. The quantitative estimate of drug-likeness (QED) is 0.870. The summed E-state index contributed by atoms with van der Waals surface area (Å²) in [4.78, 5) is 0. The minimum atomic E-state index is 0.358. The summed E-state index contributed by atoms with van der Waals surface area (Å²) in [5.41, 5.74) is 2.92. The van der Waals surface area contributed by atoms with Crippen LogP contribution in [-0.2, 0) is 12.5 Å². The zero-order valence-corrected chi connectivity index (χ0v) is 10.1. The molecule has 1 aromatic heterocycles. The Balaban J connectivity index is 1.69. The Labute approximate surface area is 101 Å². The fraction of sp³-hybridized carbons (Fsp3) is 0.357. The van der Waals surface area contributed by atoms with E-state index in [1.807, 2.05) is 24.1 Å². The van der Waals surface area contributed by atoms with Crippen molar-refractivity contribution in [3.63, 3.8) is 0 Å². The van der Waals surface area contributed by atoms with E-state index in [0.717, 1.165) is 12.2 Å². The molecule has 1 aliphatic rings. The van der Waals surface area contributed by atoms with E-state index in [1.165, 1.54) is 18.4 Å². The maximum absolute atomic E-state index is 4.16. The van der Waals surface area contributed by atoms with Gasteiger partial charge < -0.3 is 5.32 Å². The molecule has 1 aliphatic carbocycles. The fourth-order valence-electron chi connectivity index (χ4n) is 2.29. The third-order valence-corrected chi connectivity index (χ3v) is 3.58. The number of nitrogens with zero attached hydrogens (tertiary/aromatic N) is 2. The molecule has 0 bridgehead atoms. The molecule has 1 aromatic carbocycles. The highest BCUT2D eigenvalue weighted by Gasteiger charge is 2.43. The highest BCUT2D eigenvalue weighted by molar-refractivity contribution is 5.42. The van der Waals surface area contributed by atoms with Gasteiger partial charge in [-0.15, -0.1) is 0 Å². The molecule has 0 spiro atoms. The second-order valence-electron chi connectivity index (χ2n) is 4.90. The van der Waals surface area contributed by atoms with Crippen LogP contribution >= 0.6 is 0 Å². The van der Waals surface area contributed by atoms with Crippen molar-refractivity contribution >= 4 is 5.69 Å². The molecule has 1 N–H and O–H groups in total. The van der Waals surface area contributed by atoms with Crippen LogP contribution in [-0.4, -0.2) is 16.3 Å². The van der Waals surface area contributed by atoms with Crippen molar-refractivity contribution in [1.82, 2.24) is 9.78 Å². The van der Waals surface area contributed by atoms with Gasteiger partial charge in [-0.05, 0) is 18.4 Å². The zero-order valence-electron chi connectivity index (χ0n) is 10.1. The monoisotopic (exact) mass is 227 g/mol. The molecule has 88 valence electrons. The van der Waals surface area contributed by atoms with Crippen molar-refractivity contribution < 1.29 is 0 Å². The predicted molar refractivity (Wildman–Crippen MR) is 69.1 cm³/mol. The number of hydrogen-bond donors (Lipinski definition) is 1. The van der Waals surface area contributed by atoms with Gasteiger partial charge in [0.05, 0.1) is 11.9 Å². The predicted octanol–water partition coefficient (Wildman–Crippen LogP) is 2.56. The number of rotatable bonds is 4. The number of aromatic nitrogens is 2. The van der Waals surface area contributed by atoms with Crippen molar-refractivity contribution in [3.8, 4) is 0 Å². The lowest BCUT2D eigenvalue weighted by Crippen LogP contribution is -2.19. The zero-order chi connectivity index (χ0) is 11.7. The Hall–Kier alpha value is -1.77. The molecule has 0 atom stereocenters. The van der Waals surface area contributed by atoms with Crippen molar-refractivity contribution in [2.45, 2.75) is 18.3 Å². The van der Waals surface area contributed by atoms with E-state index >= 15 is 0 Å². The van der Waals surface area contributed by atoms with E-state index in [2.05, 4.69) is 40.7 Å². The molecule has 1 fully saturated rings. The Morgan fingerprint density at radius 3 is 2.65 bits per heavy atom. The summed E-state index contributed by atoms with van der Waals surface area (Å²) in [6.07, 6.45) is 6.46. The van der Waals surface area contributed by atoms with Crippen LogP contribution in [0.5, 0.6) is 0 Å². The van der Waals surface area contributed by atoms with Gasteiger partial charge >= 0.3 is 0 Å². The highest BCUT2D eigenvalue weighted by atomic mass is 15.3. The standard InChI is InChI=1S/C14H17N3/c1-17-10-13(9-16-17)15-11-14(7-8-14)12-5-3-2-4-6-12/h2-6,9-10,15H,7-8,11H2,1H3. The van der Waals surface area contributed by atoms with Crippen LogP contribution in [0.25, 0.3) is 0 Å². The lowest BCUT2D eigenvalue weighted by Gasteiger charge is -2.16. The first-order valence-corrected chi connectivity index (χ1v) is 6.07. The lowest BCUT2D eigenvalue weighted by molar-refractivity contribution is 0.732. The molecule has 3 nitrogen and oxygen atoms in total. The molecule has 0 radical (unpaired) electrons. The van der Waals surface area contributed by atoms with Gasteiger partial charge in [-0.2, -0.15) is 5.10 Å². The number of benzene rings is 1. The van der Waals surface area contributed by atoms with Gasteiger partial charge in [-0.1, -0.05) is 30.3 Å². The Morgan fingerprint density at radius 1 is 1.29 bits per heavy atom. The van der Waals surface area contributed by atoms with Crippen LogP contribution < -0.4 is 5.32 Å². The Bertz CT molecular complexity index is 497. The van der Waals surface area contributed by atoms with Gasteiger partial charge in [0.2, 0.25) is 0 Å². The Kier molecular flexibility index (Phi) is 2.39. The van der Waals surface area contributed by atoms with Crippen LogP contribution in [0.2, 0.25) is 0 Å². The average Bonchev–Trinajstić information content (AvgIpc) is 3.05. The summed E-state index contributed by atoms with van der Waals surface area (Å²) in [7, 11) is 1.94. The van der Waals surface area contributed by atoms with E-state index in [0.29, 0.717) is 5.41 Å². The number of aryl methyl sites for hydroxylation is 1. The highest BCUT2D eigenvalue weighted by Crippen LogP contribution is 2.47. The lowest BCUT2D eigenvalue weighted by atomic mass is 9.96. The van der Waals surface area contributed by atoms with E-state index in [1.54, 1.807) is 0 Å². The molecule has 0 amide bonds. The van der Waals surface area contributed by atoms with Crippen molar-refractivity contribution in [2.24, 2.45) is 7.05 Å². The van der Waals surface area contributed by atoms with Crippen molar-refractivity contribution in [1.29, 1.82) is 0 Å². The third-order valence-electron chi connectivity index (χ3n) is 3.58. The maximum Gasteiger partial charge on any atom is 0.0726 e. The first-order valence-electron chi connectivity index (χ1n) is 6.07. The summed E-state index contributed by atoms with van der Waals surface area (Å²) in [5.74, 6) is 0. The normalized spacial score (nSPS) is 16.8. The van der Waals surface area contributed by atoms with Crippen LogP contribution in [0.1, 0.15) is 18.4 Å². The molecule has 3 rings (SSSR count). The van der Waals surface area contributed by atoms with Gasteiger partial charge in [0.1, 0.15) is 0 Å². The van der Waals surface area contributed by atoms with Gasteiger partial charge in [0, 0.05) is 25.2 Å². The van der Waals surface area contributed by atoms with Crippen LogP contribution in [0.4, 0.5) is 5.69 Å². The van der Waals surface area contributed by atoms with E-state index in [9.17, 15) is 0 Å². The molecule has 0 unspecified atom stereocenters. The van der Waals surface area contributed by atoms with E-state index in [-0.39, 0.29) is 0 Å².